The summed E-state index contributed by atoms with van der Waals surface area (Å²) in [5.74, 6) is -1.26. The first kappa shape index (κ1) is 17.7. The highest BCUT2D eigenvalue weighted by molar-refractivity contribution is 7.90. The van der Waals surface area contributed by atoms with Gasteiger partial charge in [0.1, 0.15) is 0 Å². The van der Waals surface area contributed by atoms with E-state index in [1.54, 1.807) is 0 Å². The van der Waals surface area contributed by atoms with Crippen molar-refractivity contribution in [1.82, 2.24) is 4.72 Å². The molecule has 0 aromatic heterocycles. The quantitative estimate of drug-likeness (QED) is 0.806. The van der Waals surface area contributed by atoms with Gasteiger partial charge in [0, 0.05) is 6.42 Å². The van der Waals surface area contributed by atoms with Gasteiger partial charge in [-0.25, -0.2) is 17.9 Å². The molecule has 126 valence electrons. The van der Waals surface area contributed by atoms with Crippen molar-refractivity contribution in [2.75, 3.05) is 7.11 Å². The zero-order valence-electron chi connectivity index (χ0n) is 13.1. The van der Waals surface area contributed by atoms with Crippen LogP contribution in [-0.2, 0) is 26.0 Å². The minimum absolute atomic E-state index is 0.0416. The molecule has 0 aliphatic rings. The fraction of sp³-hybridized carbons (Fsp3) is 0.176. The first-order valence-corrected chi connectivity index (χ1v) is 8.68. The van der Waals surface area contributed by atoms with E-state index in [9.17, 15) is 18.0 Å². The lowest BCUT2D eigenvalue weighted by atomic mass is 10.1. The van der Waals surface area contributed by atoms with Crippen LogP contribution in [-0.4, -0.2) is 27.4 Å². The van der Waals surface area contributed by atoms with Gasteiger partial charge < -0.3 is 4.74 Å². The van der Waals surface area contributed by atoms with Crippen molar-refractivity contribution in [3.63, 3.8) is 0 Å². The first-order chi connectivity index (χ1) is 11.4. The van der Waals surface area contributed by atoms with Crippen LogP contribution in [0, 0.1) is 0 Å². The number of amides is 1. The monoisotopic (exact) mass is 347 g/mol. The number of nitrogens with one attached hydrogen (secondary N) is 1. The second-order valence-electron chi connectivity index (χ2n) is 5.03. The van der Waals surface area contributed by atoms with E-state index in [1.807, 2.05) is 35.1 Å². The molecular weight excluding hydrogens is 330 g/mol. The van der Waals surface area contributed by atoms with Crippen LogP contribution in [0.3, 0.4) is 0 Å². The summed E-state index contributed by atoms with van der Waals surface area (Å²) in [4.78, 5) is 23.2. The van der Waals surface area contributed by atoms with Crippen molar-refractivity contribution >= 4 is 21.9 Å². The van der Waals surface area contributed by atoms with Crippen molar-refractivity contribution in [3.05, 3.63) is 65.7 Å². The molecule has 0 fully saturated rings. The van der Waals surface area contributed by atoms with Crippen molar-refractivity contribution in [1.29, 1.82) is 0 Å². The Morgan fingerprint density at radius 3 is 2.42 bits per heavy atom. The molecule has 0 saturated heterocycles. The maximum absolute atomic E-state index is 12.2. The first-order valence-electron chi connectivity index (χ1n) is 7.20. The summed E-state index contributed by atoms with van der Waals surface area (Å²) in [6.45, 7) is 0. The van der Waals surface area contributed by atoms with Crippen LogP contribution in [0.15, 0.2) is 59.5 Å². The highest BCUT2D eigenvalue weighted by Gasteiger charge is 2.19. The second-order valence-corrected chi connectivity index (χ2v) is 6.72. The summed E-state index contributed by atoms with van der Waals surface area (Å²) in [5.41, 5.74) is 1.04. The Labute approximate surface area is 140 Å². The number of benzene rings is 2. The molecule has 0 bridgehead atoms. The number of sulfonamides is 1. The van der Waals surface area contributed by atoms with Gasteiger partial charge in [0.15, 0.2) is 0 Å². The van der Waals surface area contributed by atoms with Gasteiger partial charge in [-0.15, -0.1) is 0 Å². The number of rotatable bonds is 6. The predicted molar refractivity (Wildman–Crippen MR) is 87.9 cm³/mol. The van der Waals surface area contributed by atoms with E-state index in [1.165, 1.54) is 31.4 Å². The van der Waals surface area contributed by atoms with E-state index < -0.39 is 21.9 Å². The van der Waals surface area contributed by atoms with Crippen LogP contribution in [0.25, 0.3) is 0 Å². The van der Waals surface area contributed by atoms with E-state index in [0.29, 0.717) is 6.42 Å². The fourth-order valence-electron chi connectivity index (χ4n) is 2.07. The van der Waals surface area contributed by atoms with Crippen LogP contribution in [0.1, 0.15) is 22.3 Å². The van der Waals surface area contributed by atoms with E-state index in [4.69, 9.17) is 0 Å². The summed E-state index contributed by atoms with van der Waals surface area (Å²) in [6, 6.07) is 14.6. The lowest BCUT2D eigenvalue weighted by molar-refractivity contribution is -0.119. The average molecular weight is 347 g/mol. The molecule has 2 rings (SSSR count). The summed E-state index contributed by atoms with van der Waals surface area (Å²) in [5, 5.41) is 0. The number of aryl methyl sites for hydroxylation is 1. The van der Waals surface area contributed by atoms with E-state index >= 15 is 0 Å². The molecule has 0 aliphatic heterocycles. The molecule has 7 heteroatoms. The van der Waals surface area contributed by atoms with Crippen molar-refractivity contribution in [3.8, 4) is 0 Å². The van der Waals surface area contributed by atoms with Crippen molar-refractivity contribution in [2.45, 2.75) is 17.7 Å². The van der Waals surface area contributed by atoms with Crippen LogP contribution in [0.4, 0.5) is 0 Å². The average Bonchev–Trinajstić information content (AvgIpc) is 2.60. The molecule has 0 spiro atoms. The Bertz CT molecular complexity index is 831. The number of hydrogen-bond acceptors (Lipinski definition) is 5. The summed E-state index contributed by atoms with van der Waals surface area (Å²) in [6.07, 6.45) is 0.477. The minimum Gasteiger partial charge on any atom is -0.465 e. The van der Waals surface area contributed by atoms with Crippen LogP contribution in [0.2, 0.25) is 0 Å². The molecule has 0 heterocycles. The highest BCUT2D eigenvalue weighted by atomic mass is 32.2. The normalized spacial score (nSPS) is 10.9. The molecular formula is C17H17NO5S. The van der Waals surface area contributed by atoms with E-state index in [2.05, 4.69) is 4.74 Å². The second kappa shape index (κ2) is 7.74. The number of carbonyl (C=O) groups excluding carboxylic acids is 2. The van der Waals surface area contributed by atoms with Crippen molar-refractivity contribution in [2.24, 2.45) is 0 Å². The standard InChI is InChI=1S/C17H17NO5S/c1-23-17(20)14-8-5-9-15(12-14)24(21,22)18-16(19)11-10-13-6-3-2-4-7-13/h2-9,12H,10-11H2,1H3,(H,18,19). The Morgan fingerprint density at radius 1 is 1.04 bits per heavy atom. The number of carbonyl (C=O) groups is 2. The van der Waals surface area contributed by atoms with Gasteiger partial charge in [0.25, 0.3) is 10.0 Å². The largest absolute Gasteiger partial charge is 0.465 e. The van der Waals surface area contributed by atoms with Crippen molar-refractivity contribution < 1.29 is 22.7 Å². The smallest absolute Gasteiger partial charge is 0.337 e. The third-order valence-electron chi connectivity index (χ3n) is 3.30. The van der Waals surface area contributed by atoms with Gasteiger partial charge in [0.2, 0.25) is 5.91 Å². The Hall–Kier alpha value is -2.67. The van der Waals surface area contributed by atoms with Gasteiger partial charge in [-0.05, 0) is 30.2 Å². The summed E-state index contributed by atoms with van der Waals surface area (Å²) < 4.78 is 31.0. The van der Waals surface area contributed by atoms with Crippen LogP contribution in [0.5, 0.6) is 0 Å². The lowest BCUT2D eigenvalue weighted by Crippen LogP contribution is -2.30. The van der Waals surface area contributed by atoms with Gasteiger partial charge in [-0.2, -0.15) is 0 Å². The molecule has 2 aromatic rings. The number of methoxy groups -OCH3 is 1. The Morgan fingerprint density at radius 2 is 1.75 bits per heavy atom. The van der Waals surface area contributed by atoms with Gasteiger partial charge in [-0.1, -0.05) is 36.4 Å². The zero-order chi connectivity index (χ0) is 17.6. The maximum atomic E-state index is 12.2. The maximum Gasteiger partial charge on any atom is 0.337 e. The third-order valence-corrected chi connectivity index (χ3v) is 4.67. The zero-order valence-corrected chi connectivity index (χ0v) is 13.9. The number of ether oxygens (including phenoxy) is 1. The van der Waals surface area contributed by atoms with Crippen LogP contribution >= 0.6 is 0 Å². The number of hydrogen-bond donors (Lipinski definition) is 1. The molecule has 0 unspecified atom stereocenters. The lowest BCUT2D eigenvalue weighted by Gasteiger charge is -2.08. The summed E-state index contributed by atoms with van der Waals surface area (Å²) in [7, 11) is -2.83. The van der Waals surface area contributed by atoms with Crippen LogP contribution < -0.4 is 4.72 Å². The minimum atomic E-state index is -4.04. The molecule has 1 N–H and O–H groups in total. The Balaban J connectivity index is 2.05. The summed E-state index contributed by atoms with van der Waals surface area (Å²) >= 11 is 0. The predicted octanol–water partition coefficient (Wildman–Crippen LogP) is 1.91. The highest BCUT2D eigenvalue weighted by Crippen LogP contribution is 2.13. The molecule has 0 aliphatic carbocycles. The van der Waals surface area contributed by atoms with Gasteiger partial charge in [0.05, 0.1) is 17.6 Å². The molecule has 2 aromatic carbocycles. The van der Waals surface area contributed by atoms with E-state index in [-0.39, 0.29) is 16.9 Å². The van der Waals surface area contributed by atoms with Gasteiger partial charge >= 0.3 is 5.97 Å². The van der Waals surface area contributed by atoms with E-state index in [0.717, 1.165) is 5.56 Å². The number of esters is 1. The topological polar surface area (TPSA) is 89.5 Å². The SMILES string of the molecule is COC(=O)c1cccc(S(=O)(=O)NC(=O)CCc2ccccc2)c1. The third kappa shape index (κ3) is 4.66. The van der Waals surface area contributed by atoms with Gasteiger partial charge in [-0.3, -0.25) is 4.79 Å². The molecule has 6 nitrogen and oxygen atoms in total. The molecule has 1 amide bonds. The molecule has 0 saturated carbocycles. The fourth-order valence-corrected chi connectivity index (χ4v) is 3.13. The molecule has 0 atom stereocenters. The molecule has 24 heavy (non-hydrogen) atoms. The Kier molecular flexibility index (Phi) is 5.70. The molecule has 0 radical (unpaired) electrons.